The van der Waals surface area contributed by atoms with Gasteiger partial charge in [0.25, 0.3) is 5.69 Å². The summed E-state index contributed by atoms with van der Waals surface area (Å²) in [6.45, 7) is 3.31. The van der Waals surface area contributed by atoms with Crippen molar-refractivity contribution in [1.29, 1.82) is 5.26 Å². The predicted octanol–water partition coefficient (Wildman–Crippen LogP) is 3.84. The Kier molecular flexibility index (Phi) is 5.68. The number of benzene rings is 2. The summed E-state index contributed by atoms with van der Waals surface area (Å²) in [4.78, 5) is 13.1. The largest absolute Gasteiger partial charge is 0.440 e. The molecule has 1 unspecified atom stereocenters. The van der Waals surface area contributed by atoms with Crippen LogP contribution >= 0.6 is 0 Å². The molecule has 0 amide bonds. The smallest absolute Gasteiger partial charge is 0.269 e. The number of fused-ring (bicyclic) bond motifs is 1. The number of ether oxygens (including phenoxy) is 1. The molecule has 30 heavy (non-hydrogen) atoms. The van der Waals surface area contributed by atoms with Crippen molar-refractivity contribution >= 4 is 5.69 Å². The van der Waals surface area contributed by atoms with Crippen molar-refractivity contribution in [1.82, 2.24) is 4.90 Å². The van der Waals surface area contributed by atoms with Crippen LogP contribution in [0, 0.1) is 21.4 Å². The van der Waals surface area contributed by atoms with Crippen LogP contribution in [0.5, 0.6) is 5.75 Å². The molecular formula is C23H24N4O3. The van der Waals surface area contributed by atoms with Gasteiger partial charge in [0.1, 0.15) is 17.4 Å². The Bertz CT molecular complexity index is 1020. The average Bonchev–Trinajstić information content (AvgIpc) is 2.77. The monoisotopic (exact) mass is 404 g/mol. The first-order chi connectivity index (χ1) is 14.6. The first-order valence-corrected chi connectivity index (χ1v) is 10.2. The molecule has 0 radical (unpaired) electrons. The highest BCUT2D eigenvalue weighted by atomic mass is 16.6. The first kappa shape index (κ1) is 19.9. The minimum atomic E-state index is -0.435. The van der Waals surface area contributed by atoms with Gasteiger partial charge in [0, 0.05) is 24.2 Å². The summed E-state index contributed by atoms with van der Waals surface area (Å²) < 4.78 is 5.71. The highest BCUT2D eigenvalue weighted by Gasteiger charge is 2.31. The molecule has 2 heterocycles. The third-order valence-corrected chi connectivity index (χ3v) is 5.88. The van der Waals surface area contributed by atoms with E-state index in [4.69, 9.17) is 10.5 Å². The third-order valence-electron chi connectivity index (χ3n) is 5.88. The number of nitro benzene ring substituents is 1. The molecule has 2 aliphatic heterocycles. The third kappa shape index (κ3) is 4.00. The van der Waals surface area contributed by atoms with Crippen molar-refractivity contribution in [2.75, 3.05) is 19.6 Å². The Morgan fingerprint density at radius 3 is 2.57 bits per heavy atom. The Morgan fingerprint density at radius 1 is 1.17 bits per heavy atom. The van der Waals surface area contributed by atoms with Crippen LogP contribution in [-0.4, -0.2) is 29.5 Å². The number of nitrogens with zero attached hydrogens (tertiary/aromatic N) is 3. The number of nitro groups is 1. The lowest BCUT2D eigenvalue weighted by atomic mass is 9.82. The fourth-order valence-corrected chi connectivity index (χ4v) is 4.27. The molecule has 1 atom stereocenters. The molecule has 2 aromatic rings. The van der Waals surface area contributed by atoms with E-state index < -0.39 is 10.8 Å². The number of non-ortho nitro benzene ring substituents is 1. The number of nitriles is 1. The van der Waals surface area contributed by atoms with E-state index >= 15 is 0 Å². The molecule has 1 saturated heterocycles. The summed E-state index contributed by atoms with van der Waals surface area (Å²) in [7, 11) is 0. The number of likely N-dealkylation sites (tertiary alicyclic amines) is 1. The zero-order chi connectivity index (χ0) is 21.1. The van der Waals surface area contributed by atoms with Crippen LogP contribution in [-0.2, 0) is 6.42 Å². The Hall–Kier alpha value is -3.37. The number of rotatable bonds is 5. The van der Waals surface area contributed by atoms with Crippen LogP contribution in [0.2, 0.25) is 0 Å². The molecule has 0 aliphatic carbocycles. The molecule has 2 aliphatic rings. The van der Waals surface area contributed by atoms with Crippen LogP contribution in [0.25, 0.3) is 0 Å². The molecule has 0 bridgehead atoms. The number of nitrogens with two attached hydrogens (primary N) is 1. The molecule has 1 fully saturated rings. The second-order valence-corrected chi connectivity index (χ2v) is 7.80. The second kappa shape index (κ2) is 8.56. The Morgan fingerprint density at radius 2 is 1.90 bits per heavy atom. The van der Waals surface area contributed by atoms with Gasteiger partial charge < -0.3 is 15.4 Å². The first-order valence-electron chi connectivity index (χ1n) is 10.2. The number of hydrogen-bond donors (Lipinski definition) is 1. The zero-order valence-electron chi connectivity index (χ0n) is 16.7. The molecule has 0 aromatic heterocycles. The molecule has 2 N–H and O–H groups in total. The average molecular weight is 404 g/mol. The van der Waals surface area contributed by atoms with Crippen LogP contribution < -0.4 is 10.5 Å². The fourth-order valence-electron chi connectivity index (χ4n) is 4.27. The summed E-state index contributed by atoms with van der Waals surface area (Å²) in [5, 5.41) is 20.7. The van der Waals surface area contributed by atoms with E-state index in [0.29, 0.717) is 11.3 Å². The minimum Gasteiger partial charge on any atom is -0.440 e. The maximum absolute atomic E-state index is 11.0. The van der Waals surface area contributed by atoms with Gasteiger partial charge >= 0.3 is 0 Å². The highest BCUT2D eigenvalue weighted by molar-refractivity contribution is 5.57. The molecular weight excluding hydrogens is 380 g/mol. The summed E-state index contributed by atoms with van der Waals surface area (Å²) in [5.74, 6) is 0.292. The summed E-state index contributed by atoms with van der Waals surface area (Å²) in [6, 6.07) is 14.5. The topological polar surface area (TPSA) is 105 Å². The lowest BCUT2D eigenvalue weighted by Gasteiger charge is -2.28. The van der Waals surface area contributed by atoms with Crippen molar-refractivity contribution < 1.29 is 9.66 Å². The zero-order valence-corrected chi connectivity index (χ0v) is 16.7. The molecule has 154 valence electrons. The Balaban J connectivity index is 1.65. The van der Waals surface area contributed by atoms with Gasteiger partial charge in [0.15, 0.2) is 0 Å². The van der Waals surface area contributed by atoms with E-state index in [-0.39, 0.29) is 11.6 Å². The lowest BCUT2D eigenvalue weighted by molar-refractivity contribution is -0.384. The maximum atomic E-state index is 11.0. The van der Waals surface area contributed by atoms with E-state index in [1.165, 1.54) is 37.0 Å². The van der Waals surface area contributed by atoms with Gasteiger partial charge in [-0.3, -0.25) is 10.1 Å². The van der Waals surface area contributed by atoms with E-state index in [1.807, 2.05) is 12.1 Å². The van der Waals surface area contributed by atoms with Gasteiger partial charge in [-0.05, 0) is 49.5 Å². The van der Waals surface area contributed by atoms with Crippen molar-refractivity contribution in [2.45, 2.75) is 31.6 Å². The fraction of sp³-hybridized carbons (Fsp3) is 0.348. The molecule has 7 nitrogen and oxygen atoms in total. The normalized spacial score (nSPS) is 19.0. The van der Waals surface area contributed by atoms with Crippen molar-refractivity contribution in [2.24, 2.45) is 5.73 Å². The van der Waals surface area contributed by atoms with Gasteiger partial charge in [0.2, 0.25) is 5.88 Å². The van der Waals surface area contributed by atoms with E-state index in [0.717, 1.165) is 37.2 Å². The summed E-state index contributed by atoms with van der Waals surface area (Å²) >= 11 is 0. The number of hydrogen-bond acceptors (Lipinski definition) is 6. The molecule has 4 rings (SSSR count). The van der Waals surface area contributed by atoms with Crippen molar-refractivity contribution in [3.8, 4) is 11.8 Å². The van der Waals surface area contributed by atoms with Crippen LogP contribution in [0.4, 0.5) is 5.69 Å². The molecule has 0 saturated carbocycles. The van der Waals surface area contributed by atoms with Gasteiger partial charge in [-0.1, -0.05) is 30.7 Å². The SMILES string of the molecule is N#CC1=C(N)Oc2ccc(CCN3CCCCC3)cc2C1c1ccc([N+](=O)[O-])cc1. The van der Waals surface area contributed by atoms with E-state index in [2.05, 4.69) is 17.0 Å². The van der Waals surface area contributed by atoms with Gasteiger partial charge in [0.05, 0.1) is 10.8 Å². The summed E-state index contributed by atoms with van der Waals surface area (Å²) in [5.41, 5.74) is 9.17. The van der Waals surface area contributed by atoms with E-state index in [1.54, 1.807) is 12.1 Å². The number of piperidine rings is 1. The second-order valence-electron chi connectivity index (χ2n) is 7.80. The van der Waals surface area contributed by atoms with Gasteiger partial charge in [-0.15, -0.1) is 0 Å². The standard InChI is InChI=1S/C23H24N4O3/c24-15-20-22(17-5-7-18(8-6-17)27(28)29)19-14-16(4-9-21(19)30-23(20)25)10-13-26-11-2-1-3-12-26/h4-9,14,22H,1-3,10-13,25H2. The van der Waals surface area contributed by atoms with Gasteiger partial charge in [-0.25, -0.2) is 0 Å². The summed E-state index contributed by atoms with van der Waals surface area (Å²) in [6.07, 6.45) is 4.75. The minimum absolute atomic E-state index is 0.0109. The Labute approximate surface area is 175 Å². The quantitative estimate of drug-likeness (QED) is 0.599. The van der Waals surface area contributed by atoms with Crippen LogP contribution in [0.3, 0.4) is 0 Å². The van der Waals surface area contributed by atoms with E-state index in [9.17, 15) is 15.4 Å². The molecule has 0 spiro atoms. The lowest BCUT2D eigenvalue weighted by Crippen LogP contribution is -2.31. The van der Waals surface area contributed by atoms with Crippen molar-refractivity contribution in [3.63, 3.8) is 0 Å². The van der Waals surface area contributed by atoms with Crippen LogP contribution in [0.1, 0.15) is 41.9 Å². The molecule has 2 aromatic carbocycles. The highest BCUT2D eigenvalue weighted by Crippen LogP contribution is 2.42. The predicted molar refractivity (Wildman–Crippen MR) is 113 cm³/mol. The van der Waals surface area contributed by atoms with Crippen molar-refractivity contribution in [3.05, 3.63) is 80.7 Å². The maximum Gasteiger partial charge on any atom is 0.269 e. The van der Waals surface area contributed by atoms with Gasteiger partial charge in [-0.2, -0.15) is 5.26 Å². The number of allylic oxidation sites excluding steroid dienone is 1. The molecule has 7 heteroatoms. The van der Waals surface area contributed by atoms with Crippen LogP contribution in [0.15, 0.2) is 53.9 Å².